The lowest BCUT2D eigenvalue weighted by atomic mass is 10.1. The number of nitrogens with zero attached hydrogens (tertiary/aromatic N) is 8. The minimum absolute atomic E-state index is 0. The van der Waals surface area contributed by atoms with E-state index in [9.17, 15) is 83.9 Å². The number of fused-ring (bicyclic) bond motifs is 2. The predicted molar refractivity (Wildman–Crippen MR) is 398 cm³/mol. The van der Waals surface area contributed by atoms with Crippen molar-refractivity contribution in [1.82, 2.24) is 55.8 Å². The number of carboxylic acid groups (broad SMARTS) is 1. The van der Waals surface area contributed by atoms with Crippen LogP contribution in [0.1, 0.15) is 132 Å². The Morgan fingerprint density at radius 1 is 0.527 bits per heavy atom. The van der Waals surface area contributed by atoms with Gasteiger partial charge in [0, 0.05) is 41.9 Å². The van der Waals surface area contributed by atoms with E-state index in [2.05, 4.69) is 71.2 Å². The summed E-state index contributed by atoms with van der Waals surface area (Å²) in [7, 11) is 2.45. The molecule has 7 amide bonds. The smallest absolute Gasteiger partial charge is 0.471 e. The number of hydrogen-bond donors (Lipinski definition) is 9. The van der Waals surface area contributed by atoms with Crippen LogP contribution in [0, 0.1) is 11.8 Å². The summed E-state index contributed by atoms with van der Waals surface area (Å²) < 4.78 is 100. The van der Waals surface area contributed by atoms with E-state index in [1.54, 1.807) is 27.7 Å². The molecule has 0 bridgehead atoms. The number of benzene rings is 4. The van der Waals surface area contributed by atoms with E-state index in [1.165, 1.54) is 7.11 Å². The second-order valence-corrected chi connectivity index (χ2v) is 24.0. The molecule has 0 aliphatic carbocycles. The molecule has 0 fully saturated rings. The summed E-state index contributed by atoms with van der Waals surface area (Å²) in [6, 6.07) is 25.6. The van der Waals surface area contributed by atoms with Crippen molar-refractivity contribution in [2.45, 2.75) is 139 Å². The number of aromatic amines is 2. The molecule has 4 aromatic carbocycles. The average molecular weight is 1580 g/mol. The van der Waals surface area contributed by atoms with E-state index >= 15 is 0 Å². The van der Waals surface area contributed by atoms with E-state index in [-0.39, 0.29) is 117 Å². The van der Waals surface area contributed by atoms with Crippen LogP contribution in [-0.2, 0) is 74.0 Å². The zero-order valence-electron chi connectivity index (χ0n) is 59.2. The van der Waals surface area contributed by atoms with Crippen molar-refractivity contribution in [2.24, 2.45) is 17.6 Å². The predicted octanol–water partition coefficient (Wildman–Crippen LogP) is 9.36. The van der Waals surface area contributed by atoms with Gasteiger partial charge in [-0.05, 0) is 98.2 Å². The summed E-state index contributed by atoms with van der Waals surface area (Å²) in [5, 5.41) is 21.6. The number of amides is 7. The topological polar surface area (TPSA) is 464 Å². The van der Waals surface area contributed by atoms with Crippen molar-refractivity contribution < 1.29 is 98.3 Å². The molecular formula is C73H88F6N16O17. The number of hydrogen-bond acceptors (Lipinski definition) is 23. The van der Waals surface area contributed by atoms with Crippen molar-refractivity contribution in [3.8, 4) is 0 Å². The molecule has 0 aliphatic heterocycles. The fourth-order valence-electron chi connectivity index (χ4n) is 9.26. The number of nitrogens with one attached hydrogen (secondary N) is 7. The number of carbonyl (C=O) groups excluding carboxylic acids is 9. The highest BCUT2D eigenvalue weighted by Gasteiger charge is 2.44. The number of alkyl carbamates (subject to hydrolysis) is 2. The first-order valence-electron chi connectivity index (χ1n) is 33.1. The Morgan fingerprint density at radius 3 is 1.28 bits per heavy atom. The van der Waals surface area contributed by atoms with Gasteiger partial charge in [-0.15, -0.1) is 0 Å². The van der Waals surface area contributed by atoms with E-state index < -0.39 is 120 Å². The van der Waals surface area contributed by atoms with E-state index in [0.717, 1.165) is 92.0 Å². The molecule has 8 rings (SSSR count). The lowest BCUT2D eigenvalue weighted by molar-refractivity contribution is -0.170. The van der Waals surface area contributed by atoms with Crippen LogP contribution in [0.25, 0.3) is 22.3 Å². The number of anilines is 4. The van der Waals surface area contributed by atoms with Gasteiger partial charge in [-0.2, -0.15) is 36.3 Å². The second-order valence-electron chi connectivity index (χ2n) is 24.0. The Kier molecular flexibility index (Phi) is 37.2. The number of methoxy groups -OCH3 is 2. The van der Waals surface area contributed by atoms with Crippen LogP contribution in [-0.4, -0.2) is 156 Å². The van der Waals surface area contributed by atoms with Crippen LogP contribution < -0.4 is 53.2 Å². The number of halogens is 6. The second kappa shape index (κ2) is 44.6. The number of aromatic nitrogens is 8. The zero-order chi connectivity index (χ0) is 80.1. The van der Waals surface area contributed by atoms with Crippen molar-refractivity contribution in [3.63, 3.8) is 0 Å². The van der Waals surface area contributed by atoms with Crippen molar-refractivity contribution in [1.29, 1.82) is 0 Å². The van der Waals surface area contributed by atoms with Gasteiger partial charge in [-0.3, -0.25) is 68.8 Å². The molecule has 0 radical (unpaired) electrons. The molecule has 39 heteroatoms. The molecule has 10 N–H and O–H groups in total. The maximum atomic E-state index is 13.7. The SMILES string of the molecule is C.C.C.CC(C)C(=O)Nc1nc2ncc(CN(C(=O)C(F)(F)F)c3ccc(C(=O)O)cc3)nc2c(=O)[nH]1.COC(=O)[C@@H](N)CCCCNC(=O)OCc1ccccc1.COC(=O)[C@H](CCCCNC(=O)OCc1ccccc1)NC(=O)c1ccc(N(Cc2cnc3nc(NC(=O)C(C)C)[nH]c(=O)c3n2)C(=O)C(F)(F)F)cc1. The summed E-state index contributed by atoms with van der Waals surface area (Å²) in [5.41, 5.74) is 3.56. The summed E-state index contributed by atoms with van der Waals surface area (Å²) in [6.45, 7) is 6.08. The van der Waals surface area contributed by atoms with Gasteiger partial charge in [0.1, 0.15) is 25.3 Å². The lowest BCUT2D eigenvalue weighted by Gasteiger charge is -2.24. The summed E-state index contributed by atoms with van der Waals surface area (Å²) in [4.78, 5) is 174. The summed E-state index contributed by atoms with van der Waals surface area (Å²) in [5.74, 6) is -9.71. The van der Waals surface area contributed by atoms with Gasteiger partial charge < -0.3 is 45.7 Å². The van der Waals surface area contributed by atoms with Crippen molar-refractivity contribution in [3.05, 3.63) is 176 Å². The minimum Gasteiger partial charge on any atom is -0.478 e. The van der Waals surface area contributed by atoms with Crippen LogP contribution in [0.5, 0.6) is 0 Å². The Balaban J connectivity index is 0.000000477. The van der Waals surface area contributed by atoms with E-state index in [4.69, 9.17) is 25.1 Å². The normalized spacial score (nSPS) is 11.3. The third-order valence-corrected chi connectivity index (χ3v) is 15.1. The van der Waals surface area contributed by atoms with Gasteiger partial charge in [-0.25, -0.2) is 39.1 Å². The Hall–Kier alpha value is -12.8. The minimum atomic E-state index is -5.31. The molecular weight excluding hydrogens is 1490 g/mol. The first kappa shape index (κ1) is 93.4. The van der Waals surface area contributed by atoms with E-state index in [0.29, 0.717) is 35.6 Å². The van der Waals surface area contributed by atoms with Gasteiger partial charge in [0.05, 0.1) is 56.7 Å². The summed E-state index contributed by atoms with van der Waals surface area (Å²) >= 11 is 0. The zero-order valence-corrected chi connectivity index (χ0v) is 59.2. The number of ether oxygens (including phenoxy) is 4. The number of aromatic carboxylic acids is 1. The van der Waals surface area contributed by atoms with Gasteiger partial charge in [0.15, 0.2) is 22.3 Å². The molecule has 4 aromatic heterocycles. The number of nitrogens with two attached hydrogens (primary N) is 1. The van der Waals surface area contributed by atoms with Crippen LogP contribution in [0.15, 0.2) is 131 Å². The average Bonchev–Trinajstić information content (AvgIpc) is 0.798. The van der Waals surface area contributed by atoms with Crippen molar-refractivity contribution in [2.75, 3.05) is 47.7 Å². The highest BCUT2D eigenvalue weighted by Crippen LogP contribution is 2.28. The molecule has 604 valence electrons. The quantitative estimate of drug-likeness (QED) is 0.00911. The molecule has 112 heavy (non-hydrogen) atoms. The standard InChI is InChI=1S/C35H37F3N8O8.C20H17F3N6O5.C15H22N2O4.3CH4/c1-20(2)28(47)44-33-43-27-26(30(49)45-33)41-23(17-40-27)18-46(32(51)35(36,37)38)24-14-12-22(13-15-24)29(48)42-25(31(50)53-3)11-7-8-16-39-34(52)54-19-21-9-5-4-6-10-21;1-9(2)15(30)27-19-26-14-13(16(31)28-19)25-11(7-24-14)8-29(18(34)20(21,22)23)12-5-3-10(4-6-12)17(32)33;1-20-14(18)13(16)9-5-6-10-17-15(19)21-11-12-7-3-2-4-8-12;;;/h4-6,9-10,12-15,17,20,25H,7-8,11,16,18-19H2,1-3H3,(H,39,52)(H,42,48)(H2,40,43,44,45,47,49);3-7,9H,8H2,1-2H3,(H,32,33)(H2,24,26,27,28,30,31);2-4,7-8,13H,5-6,9-11,16H2,1H3,(H,17,19);3*1H4/t25-;;13-;;;/m0.0.../s1. The van der Waals surface area contributed by atoms with Crippen LogP contribution in [0.4, 0.5) is 59.2 Å². The lowest BCUT2D eigenvalue weighted by Crippen LogP contribution is -2.42. The summed E-state index contributed by atoms with van der Waals surface area (Å²) in [6.07, 6.45) is -6.58. The number of alkyl halides is 6. The van der Waals surface area contributed by atoms with Crippen LogP contribution in [0.3, 0.4) is 0 Å². The fourth-order valence-corrected chi connectivity index (χ4v) is 9.26. The first-order valence-corrected chi connectivity index (χ1v) is 33.1. The third-order valence-electron chi connectivity index (χ3n) is 15.1. The maximum Gasteiger partial charge on any atom is 0.471 e. The molecule has 8 aromatic rings. The van der Waals surface area contributed by atoms with Crippen molar-refractivity contribution >= 4 is 105 Å². The third kappa shape index (κ3) is 29.3. The van der Waals surface area contributed by atoms with E-state index in [1.807, 2.05) is 60.7 Å². The number of unbranched alkanes of at least 4 members (excludes halogenated alkanes) is 2. The molecule has 0 unspecified atom stereocenters. The number of H-pyrrole nitrogens is 2. The van der Waals surface area contributed by atoms with Gasteiger partial charge in [-0.1, -0.05) is 111 Å². The number of carbonyl (C=O) groups is 10. The first-order chi connectivity index (χ1) is 51.6. The molecule has 0 aliphatic rings. The molecule has 0 saturated carbocycles. The molecule has 33 nitrogen and oxygen atoms in total. The fraction of sp³-hybridized carbons (Fsp3) is 0.370. The van der Waals surface area contributed by atoms with Crippen LogP contribution in [0.2, 0.25) is 0 Å². The molecule has 0 spiro atoms. The number of carboxylic acids is 1. The number of rotatable bonds is 29. The molecule has 0 saturated heterocycles. The van der Waals surface area contributed by atoms with Gasteiger partial charge in [0.25, 0.3) is 17.0 Å². The Labute approximate surface area is 637 Å². The van der Waals surface area contributed by atoms with Gasteiger partial charge in [0.2, 0.25) is 23.7 Å². The van der Waals surface area contributed by atoms with Crippen LogP contribution >= 0.6 is 0 Å². The van der Waals surface area contributed by atoms with Gasteiger partial charge >= 0.3 is 54.3 Å². The highest BCUT2D eigenvalue weighted by molar-refractivity contribution is 6.00. The maximum absolute atomic E-state index is 13.7. The Morgan fingerprint density at radius 2 is 0.911 bits per heavy atom. The molecule has 2 atom stereocenters. The highest BCUT2D eigenvalue weighted by atomic mass is 19.4. The Bertz CT molecular complexity index is 4620. The largest absolute Gasteiger partial charge is 0.478 e. The molecule has 4 heterocycles. The monoisotopic (exact) mass is 1570 g/mol. The number of esters is 2.